The van der Waals surface area contributed by atoms with Crippen molar-refractivity contribution in [1.29, 1.82) is 0 Å². The van der Waals surface area contributed by atoms with Crippen LogP contribution in [0.5, 0.6) is 0 Å². The number of amides is 1. The van der Waals surface area contributed by atoms with Crippen molar-refractivity contribution in [3.8, 4) is 0 Å². The molecule has 0 aliphatic carbocycles. The highest BCUT2D eigenvalue weighted by Crippen LogP contribution is 2.24. The third-order valence-electron chi connectivity index (χ3n) is 4.83. The fourth-order valence-corrected chi connectivity index (χ4v) is 4.16. The molecule has 26 heavy (non-hydrogen) atoms. The zero-order chi connectivity index (χ0) is 19.5. The number of para-hydroxylation sites is 1. The number of hydrogen-bond donors (Lipinski definition) is 1. The second kappa shape index (κ2) is 8.47. The highest BCUT2D eigenvalue weighted by atomic mass is 32.2. The number of piperazine rings is 1. The molecule has 7 nitrogen and oxygen atoms in total. The highest BCUT2D eigenvalue weighted by molar-refractivity contribution is 7.86. The van der Waals surface area contributed by atoms with E-state index in [-0.39, 0.29) is 11.9 Å². The lowest BCUT2D eigenvalue weighted by Crippen LogP contribution is -2.55. The van der Waals surface area contributed by atoms with Crippen LogP contribution in [-0.4, -0.2) is 74.2 Å². The van der Waals surface area contributed by atoms with Crippen molar-refractivity contribution < 1.29 is 13.2 Å². The Morgan fingerprint density at radius 2 is 1.65 bits per heavy atom. The molecule has 1 aliphatic rings. The molecule has 0 saturated carbocycles. The molecule has 146 valence electrons. The molecule has 1 aromatic rings. The van der Waals surface area contributed by atoms with Gasteiger partial charge in [-0.3, -0.25) is 9.69 Å². The van der Waals surface area contributed by atoms with Gasteiger partial charge >= 0.3 is 0 Å². The molecule has 1 heterocycles. The smallest absolute Gasteiger partial charge is 0.281 e. The fourth-order valence-electron chi connectivity index (χ4n) is 3.07. The minimum atomic E-state index is -3.39. The van der Waals surface area contributed by atoms with Gasteiger partial charge in [-0.15, -0.1) is 0 Å². The van der Waals surface area contributed by atoms with E-state index in [0.717, 1.165) is 11.3 Å². The Labute approximate surface area is 157 Å². The average Bonchev–Trinajstić information content (AvgIpc) is 2.61. The van der Waals surface area contributed by atoms with Crippen LogP contribution in [0.4, 0.5) is 5.69 Å². The van der Waals surface area contributed by atoms with Gasteiger partial charge in [-0.25, -0.2) is 0 Å². The first-order valence-corrected chi connectivity index (χ1v) is 10.4. The van der Waals surface area contributed by atoms with Crippen molar-refractivity contribution in [3.63, 3.8) is 0 Å². The van der Waals surface area contributed by atoms with Gasteiger partial charge < -0.3 is 5.32 Å². The molecule has 2 rings (SSSR count). The van der Waals surface area contributed by atoms with Crippen molar-refractivity contribution in [2.45, 2.75) is 32.7 Å². The van der Waals surface area contributed by atoms with Crippen LogP contribution in [0.2, 0.25) is 0 Å². The maximum atomic E-state index is 12.7. The molecule has 8 heteroatoms. The summed E-state index contributed by atoms with van der Waals surface area (Å²) in [6.45, 7) is 7.91. The molecule has 0 bridgehead atoms. The molecule has 1 atom stereocenters. The first kappa shape index (κ1) is 20.8. The van der Waals surface area contributed by atoms with Crippen LogP contribution >= 0.6 is 0 Å². The molecule has 0 unspecified atom stereocenters. The molecule has 1 aromatic carbocycles. The Morgan fingerprint density at radius 3 is 2.19 bits per heavy atom. The number of nitrogens with one attached hydrogen (secondary N) is 1. The van der Waals surface area contributed by atoms with Crippen molar-refractivity contribution in [2.75, 3.05) is 45.6 Å². The Kier molecular flexibility index (Phi) is 6.79. The molecule has 0 spiro atoms. The molecule has 1 fully saturated rings. The minimum Gasteiger partial charge on any atom is -0.324 e. The molecular weight excluding hydrogens is 352 g/mol. The van der Waals surface area contributed by atoms with E-state index in [1.54, 1.807) is 0 Å². The summed E-state index contributed by atoms with van der Waals surface area (Å²) < 4.78 is 27.1. The summed E-state index contributed by atoms with van der Waals surface area (Å²) in [6.07, 6.45) is 0. The lowest BCUT2D eigenvalue weighted by atomic mass is 10.0. The van der Waals surface area contributed by atoms with Crippen LogP contribution in [0.15, 0.2) is 24.3 Å². The highest BCUT2D eigenvalue weighted by Gasteiger charge is 2.32. The van der Waals surface area contributed by atoms with Crippen molar-refractivity contribution >= 4 is 21.8 Å². The number of anilines is 1. The monoisotopic (exact) mass is 382 g/mol. The largest absolute Gasteiger partial charge is 0.324 e. The van der Waals surface area contributed by atoms with Gasteiger partial charge in [0.15, 0.2) is 0 Å². The van der Waals surface area contributed by atoms with Gasteiger partial charge in [-0.2, -0.15) is 17.0 Å². The maximum absolute atomic E-state index is 12.7. The summed E-state index contributed by atoms with van der Waals surface area (Å²) in [4.78, 5) is 14.7. The number of benzene rings is 1. The zero-order valence-electron chi connectivity index (χ0n) is 16.3. The fraction of sp³-hybridized carbons (Fsp3) is 0.611. The van der Waals surface area contributed by atoms with E-state index in [2.05, 4.69) is 19.2 Å². The van der Waals surface area contributed by atoms with Crippen molar-refractivity contribution in [3.05, 3.63) is 29.8 Å². The van der Waals surface area contributed by atoms with Gasteiger partial charge in [-0.1, -0.05) is 32.0 Å². The van der Waals surface area contributed by atoms with Crippen LogP contribution in [-0.2, 0) is 15.0 Å². The zero-order valence-corrected chi connectivity index (χ0v) is 17.1. The molecule has 1 amide bonds. The molecule has 1 N–H and O–H groups in total. The second-order valence-corrected chi connectivity index (χ2v) is 9.27. The number of rotatable bonds is 6. The van der Waals surface area contributed by atoms with E-state index in [1.807, 2.05) is 36.1 Å². The van der Waals surface area contributed by atoms with E-state index in [4.69, 9.17) is 0 Å². The predicted molar refractivity (Wildman–Crippen MR) is 104 cm³/mol. The number of carbonyl (C=O) groups excluding carboxylic acids is 1. The SMILES string of the molecule is CC(C)c1ccccc1NC(=O)[C@H](C)N1CCN(S(=O)(=O)N(C)C)CC1. The lowest BCUT2D eigenvalue weighted by molar-refractivity contribution is -0.121. The molecule has 1 aliphatic heterocycles. The normalized spacial score (nSPS) is 18.3. The number of hydrogen-bond acceptors (Lipinski definition) is 4. The molecule has 0 aromatic heterocycles. The van der Waals surface area contributed by atoms with E-state index in [0.29, 0.717) is 32.1 Å². The number of carbonyl (C=O) groups is 1. The Hall–Kier alpha value is -1.48. The summed E-state index contributed by atoms with van der Waals surface area (Å²) in [5.41, 5.74) is 1.95. The van der Waals surface area contributed by atoms with Gasteiger partial charge in [0.2, 0.25) is 5.91 Å². The van der Waals surface area contributed by atoms with Crippen LogP contribution in [0.3, 0.4) is 0 Å². The van der Waals surface area contributed by atoms with Gasteiger partial charge in [-0.05, 0) is 24.5 Å². The second-order valence-electron chi connectivity index (χ2n) is 7.13. The maximum Gasteiger partial charge on any atom is 0.281 e. The van der Waals surface area contributed by atoms with Crippen LogP contribution < -0.4 is 5.32 Å². The van der Waals surface area contributed by atoms with Crippen LogP contribution in [0, 0.1) is 0 Å². The Bertz CT molecular complexity index is 726. The Morgan fingerprint density at radius 1 is 1.08 bits per heavy atom. The van der Waals surface area contributed by atoms with Gasteiger partial charge in [0, 0.05) is 46.0 Å². The Balaban J connectivity index is 1.98. The lowest BCUT2D eigenvalue weighted by Gasteiger charge is -2.37. The van der Waals surface area contributed by atoms with Crippen molar-refractivity contribution in [1.82, 2.24) is 13.5 Å². The number of nitrogens with zero attached hydrogens (tertiary/aromatic N) is 3. The standard InChI is InChI=1S/C18H30N4O3S/c1-14(2)16-8-6-7-9-17(16)19-18(23)15(3)21-10-12-22(13-11-21)26(24,25)20(4)5/h6-9,14-15H,10-13H2,1-5H3,(H,19,23)/t15-/m0/s1. The van der Waals surface area contributed by atoms with E-state index < -0.39 is 10.2 Å². The topological polar surface area (TPSA) is 73.0 Å². The summed E-state index contributed by atoms with van der Waals surface area (Å²) >= 11 is 0. The average molecular weight is 383 g/mol. The first-order chi connectivity index (χ1) is 12.1. The summed E-state index contributed by atoms with van der Waals surface area (Å²) in [6, 6.07) is 7.51. The third-order valence-corrected chi connectivity index (χ3v) is 6.77. The third kappa shape index (κ3) is 4.62. The van der Waals surface area contributed by atoms with Crippen LogP contribution in [0.25, 0.3) is 0 Å². The predicted octanol–water partition coefficient (Wildman–Crippen LogP) is 1.56. The van der Waals surface area contributed by atoms with E-state index in [9.17, 15) is 13.2 Å². The van der Waals surface area contributed by atoms with E-state index >= 15 is 0 Å². The summed E-state index contributed by atoms with van der Waals surface area (Å²) in [7, 11) is -0.330. The first-order valence-electron chi connectivity index (χ1n) is 8.96. The van der Waals surface area contributed by atoms with Crippen molar-refractivity contribution in [2.24, 2.45) is 0 Å². The summed E-state index contributed by atoms with van der Waals surface area (Å²) in [5.74, 6) is 0.253. The molecule has 1 saturated heterocycles. The quantitative estimate of drug-likeness (QED) is 0.810. The van der Waals surface area contributed by atoms with E-state index in [1.165, 1.54) is 22.7 Å². The summed E-state index contributed by atoms with van der Waals surface area (Å²) in [5, 5.41) is 3.03. The minimum absolute atomic E-state index is 0.0676. The van der Waals surface area contributed by atoms with Gasteiger partial charge in [0.1, 0.15) is 0 Å². The molecule has 0 radical (unpaired) electrons. The van der Waals surface area contributed by atoms with Gasteiger partial charge in [0.05, 0.1) is 6.04 Å². The molecular formula is C18H30N4O3S. The van der Waals surface area contributed by atoms with Crippen LogP contribution in [0.1, 0.15) is 32.3 Å². The van der Waals surface area contributed by atoms with Gasteiger partial charge in [0.25, 0.3) is 10.2 Å².